The topological polar surface area (TPSA) is 9.23 Å². The van der Waals surface area contributed by atoms with Crippen molar-refractivity contribution in [3.05, 3.63) is 64.7 Å². The number of halogens is 8. The van der Waals surface area contributed by atoms with Crippen molar-refractivity contribution in [1.29, 1.82) is 0 Å². The fourth-order valence-electron chi connectivity index (χ4n) is 3.13. The lowest BCUT2D eigenvalue weighted by Crippen LogP contribution is -2.12. The minimum Gasteiger partial charge on any atom is -0.497 e. The number of methoxy groups -OCH3 is 1. The van der Waals surface area contributed by atoms with Gasteiger partial charge in [-0.25, -0.2) is 0 Å². The molecule has 0 spiro atoms. The monoisotopic (exact) mass is 428 g/mol. The van der Waals surface area contributed by atoms with Crippen LogP contribution in [-0.2, 0) is 12.4 Å². The first-order valence-corrected chi connectivity index (χ1v) is 8.42. The molecule has 0 aliphatic heterocycles. The van der Waals surface area contributed by atoms with E-state index in [-0.39, 0.29) is 11.6 Å². The summed E-state index contributed by atoms with van der Waals surface area (Å²) >= 11 is 12.4. The maximum atomic E-state index is 13.1. The van der Waals surface area contributed by atoms with E-state index in [1.54, 1.807) is 24.3 Å². The minimum atomic E-state index is -4.93. The van der Waals surface area contributed by atoms with E-state index >= 15 is 0 Å². The lowest BCUT2D eigenvalue weighted by molar-refractivity contribution is -0.143. The second-order valence-electron chi connectivity index (χ2n) is 6.24. The third kappa shape index (κ3) is 3.85. The van der Waals surface area contributed by atoms with Gasteiger partial charge in [0, 0.05) is 11.8 Å². The number of ether oxygens (including phenoxy) is 1. The summed E-state index contributed by atoms with van der Waals surface area (Å²) in [6.45, 7) is 0. The number of rotatable bonds is 3. The van der Waals surface area contributed by atoms with Gasteiger partial charge in [0.2, 0.25) is 0 Å². The third-order valence-corrected chi connectivity index (χ3v) is 5.44. The van der Waals surface area contributed by atoms with Gasteiger partial charge in [-0.2, -0.15) is 26.3 Å². The summed E-state index contributed by atoms with van der Waals surface area (Å²) < 4.78 is 81.9. The molecule has 2 atom stereocenters. The average Bonchev–Trinajstić information content (AvgIpc) is 3.15. The zero-order chi connectivity index (χ0) is 20.2. The molecule has 2 aromatic carbocycles. The Morgan fingerprint density at radius 3 is 1.63 bits per heavy atom. The highest BCUT2D eigenvalue weighted by molar-refractivity contribution is 6.52. The summed E-state index contributed by atoms with van der Waals surface area (Å²) in [5, 5.41) is 0. The van der Waals surface area contributed by atoms with E-state index in [9.17, 15) is 26.3 Å². The van der Waals surface area contributed by atoms with Crippen LogP contribution in [0.25, 0.3) is 0 Å². The molecule has 1 fully saturated rings. The second-order valence-corrected chi connectivity index (χ2v) is 7.69. The molecule has 2 aromatic rings. The molecule has 1 nitrogen and oxygen atoms in total. The molecule has 0 bridgehead atoms. The van der Waals surface area contributed by atoms with Crippen LogP contribution in [0.4, 0.5) is 26.3 Å². The molecule has 2 unspecified atom stereocenters. The fraction of sp³-hybridized carbons (Fsp3) is 0.333. The SMILES string of the molecule is COc1ccc(C2C(c3cc(C(F)(F)F)cc(C(F)(F)F)c3)C2(Cl)Cl)cc1. The first-order valence-electron chi connectivity index (χ1n) is 7.67. The van der Waals surface area contributed by atoms with Crippen LogP contribution in [0, 0.1) is 0 Å². The van der Waals surface area contributed by atoms with Gasteiger partial charge in [0.1, 0.15) is 10.1 Å². The van der Waals surface area contributed by atoms with Crippen molar-refractivity contribution in [1.82, 2.24) is 0 Å². The van der Waals surface area contributed by atoms with Crippen LogP contribution >= 0.6 is 23.2 Å². The molecule has 1 aliphatic carbocycles. The van der Waals surface area contributed by atoms with Crippen LogP contribution in [-0.4, -0.2) is 11.4 Å². The quantitative estimate of drug-likeness (QED) is 0.386. The van der Waals surface area contributed by atoms with Crippen molar-refractivity contribution in [2.75, 3.05) is 7.11 Å². The van der Waals surface area contributed by atoms with Crippen LogP contribution in [0.5, 0.6) is 5.75 Å². The van der Waals surface area contributed by atoms with Crippen molar-refractivity contribution < 1.29 is 31.1 Å². The van der Waals surface area contributed by atoms with E-state index in [0.29, 0.717) is 23.4 Å². The van der Waals surface area contributed by atoms with Crippen molar-refractivity contribution in [2.45, 2.75) is 28.5 Å². The fourth-order valence-corrected chi connectivity index (χ4v) is 4.01. The standard InChI is InChI=1S/C18H12Cl2F6O/c1-27-13-4-2-9(3-5-13)14-15(16(14,19)20)10-6-11(17(21,22)23)8-12(7-10)18(24,25)26/h2-8,14-15H,1H3. The molecule has 0 aromatic heterocycles. The highest BCUT2D eigenvalue weighted by Gasteiger charge is 2.64. The van der Waals surface area contributed by atoms with E-state index in [4.69, 9.17) is 27.9 Å². The van der Waals surface area contributed by atoms with Crippen molar-refractivity contribution in [3.8, 4) is 5.75 Å². The van der Waals surface area contributed by atoms with Gasteiger partial charge < -0.3 is 4.74 Å². The van der Waals surface area contributed by atoms with Gasteiger partial charge in [-0.15, -0.1) is 23.2 Å². The average molecular weight is 429 g/mol. The van der Waals surface area contributed by atoms with Gasteiger partial charge in [0.15, 0.2) is 0 Å². The summed E-state index contributed by atoms with van der Waals surface area (Å²) in [7, 11) is 1.46. The van der Waals surface area contributed by atoms with E-state index in [1.165, 1.54) is 7.11 Å². The largest absolute Gasteiger partial charge is 0.497 e. The van der Waals surface area contributed by atoms with E-state index in [0.717, 1.165) is 0 Å². The number of hydrogen-bond acceptors (Lipinski definition) is 1. The molecule has 0 heterocycles. The van der Waals surface area contributed by atoms with Crippen molar-refractivity contribution in [2.24, 2.45) is 0 Å². The van der Waals surface area contributed by atoms with Crippen LogP contribution in [0.2, 0.25) is 0 Å². The summed E-state index contributed by atoms with van der Waals surface area (Å²) in [6, 6.07) is 7.90. The molecule has 146 valence electrons. The summed E-state index contributed by atoms with van der Waals surface area (Å²) in [6.07, 6.45) is -9.86. The van der Waals surface area contributed by atoms with Gasteiger partial charge in [-0.3, -0.25) is 0 Å². The highest BCUT2D eigenvalue weighted by Crippen LogP contribution is 2.70. The van der Waals surface area contributed by atoms with Crippen LogP contribution in [0.15, 0.2) is 42.5 Å². The summed E-state index contributed by atoms with van der Waals surface area (Å²) in [4.78, 5) is 0. The Morgan fingerprint density at radius 2 is 1.22 bits per heavy atom. The number of hydrogen-bond donors (Lipinski definition) is 0. The zero-order valence-electron chi connectivity index (χ0n) is 13.6. The van der Waals surface area contributed by atoms with Crippen LogP contribution < -0.4 is 4.74 Å². The molecule has 0 saturated heterocycles. The smallest absolute Gasteiger partial charge is 0.416 e. The number of alkyl halides is 8. The van der Waals surface area contributed by atoms with Crippen LogP contribution in [0.3, 0.4) is 0 Å². The molecule has 0 N–H and O–H groups in total. The third-order valence-electron chi connectivity index (χ3n) is 4.50. The van der Waals surface area contributed by atoms with Gasteiger partial charge in [-0.1, -0.05) is 12.1 Å². The van der Waals surface area contributed by atoms with Gasteiger partial charge in [0.25, 0.3) is 0 Å². The predicted molar refractivity (Wildman–Crippen MR) is 89.4 cm³/mol. The summed E-state index contributed by atoms with van der Waals surface area (Å²) in [5.74, 6) is -1.00. The van der Waals surface area contributed by atoms with E-state index < -0.39 is 39.6 Å². The van der Waals surface area contributed by atoms with E-state index in [2.05, 4.69) is 0 Å². The molecule has 0 radical (unpaired) electrons. The lowest BCUT2D eigenvalue weighted by Gasteiger charge is -2.14. The molecule has 27 heavy (non-hydrogen) atoms. The lowest BCUT2D eigenvalue weighted by atomic mass is 9.99. The van der Waals surface area contributed by atoms with Crippen molar-refractivity contribution in [3.63, 3.8) is 0 Å². The van der Waals surface area contributed by atoms with Gasteiger partial charge >= 0.3 is 12.4 Å². The van der Waals surface area contributed by atoms with Gasteiger partial charge in [0.05, 0.1) is 18.2 Å². The maximum Gasteiger partial charge on any atom is 0.416 e. The molecule has 1 saturated carbocycles. The molecular formula is C18H12Cl2F6O. The predicted octanol–water partition coefficient (Wildman–Crippen LogP) is 6.79. The molecule has 9 heteroatoms. The second kappa shape index (κ2) is 6.48. The van der Waals surface area contributed by atoms with Crippen molar-refractivity contribution >= 4 is 23.2 Å². The molecule has 0 amide bonds. The molecule has 1 aliphatic rings. The molecular weight excluding hydrogens is 417 g/mol. The first kappa shape index (κ1) is 20.1. The Kier molecular flexibility index (Phi) is 4.84. The normalized spacial score (nSPS) is 21.8. The Bertz CT molecular complexity index is 810. The Hall–Kier alpha value is -1.60. The summed E-state index contributed by atoms with van der Waals surface area (Å²) in [5.41, 5.74) is -2.39. The van der Waals surface area contributed by atoms with Crippen LogP contribution in [0.1, 0.15) is 34.1 Å². The maximum absolute atomic E-state index is 13.1. The highest BCUT2D eigenvalue weighted by atomic mass is 35.5. The van der Waals surface area contributed by atoms with E-state index in [1.807, 2.05) is 0 Å². The Morgan fingerprint density at radius 1 is 0.778 bits per heavy atom. The Labute approximate surface area is 160 Å². The minimum absolute atomic E-state index is 0.0818. The van der Waals surface area contributed by atoms with Gasteiger partial charge in [-0.05, 0) is 41.5 Å². The zero-order valence-corrected chi connectivity index (χ0v) is 15.1. The molecule has 3 rings (SSSR count). The number of benzene rings is 2. The Balaban J connectivity index is 2.04. The first-order chi connectivity index (χ1) is 12.4.